The van der Waals surface area contributed by atoms with Crippen molar-refractivity contribution < 1.29 is 0 Å². The Hall–Kier alpha value is -0.820. The number of unbranched alkanes of at least 4 members (excludes halogenated alkanes) is 4. The largest absolute Gasteiger partial charge is 0.310 e. The van der Waals surface area contributed by atoms with Crippen molar-refractivity contribution in [1.29, 1.82) is 0 Å². The lowest BCUT2D eigenvalue weighted by atomic mass is 10.0. The van der Waals surface area contributed by atoms with Gasteiger partial charge in [0.1, 0.15) is 0 Å². The Kier molecular flexibility index (Phi) is 7.74. The fourth-order valence-corrected chi connectivity index (χ4v) is 2.19. The first-order valence-electron chi connectivity index (χ1n) is 7.16. The first-order valence-corrected chi connectivity index (χ1v) is 7.16. The molecule has 1 heteroatoms. The average molecular weight is 233 g/mol. The minimum atomic E-state index is 0.530. The van der Waals surface area contributed by atoms with E-state index in [-0.39, 0.29) is 0 Å². The number of rotatable bonds is 9. The molecule has 0 saturated heterocycles. The maximum absolute atomic E-state index is 3.66. The van der Waals surface area contributed by atoms with Crippen LogP contribution in [-0.2, 0) is 0 Å². The van der Waals surface area contributed by atoms with E-state index in [0.717, 1.165) is 6.54 Å². The predicted octanol–water partition coefficient (Wildman–Crippen LogP) is 4.70. The van der Waals surface area contributed by atoms with Crippen LogP contribution in [0, 0.1) is 0 Å². The van der Waals surface area contributed by atoms with Gasteiger partial charge in [-0.15, -0.1) is 0 Å². The van der Waals surface area contributed by atoms with Crippen molar-refractivity contribution in [2.24, 2.45) is 0 Å². The van der Waals surface area contributed by atoms with E-state index in [9.17, 15) is 0 Å². The van der Waals surface area contributed by atoms with E-state index in [4.69, 9.17) is 0 Å². The van der Waals surface area contributed by atoms with Crippen LogP contribution in [0.5, 0.6) is 0 Å². The van der Waals surface area contributed by atoms with Gasteiger partial charge in [-0.3, -0.25) is 0 Å². The highest BCUT2D eigenvalue weighted by Gasteiger charge is 2.06. The second-order valence-electron chi connectivity index (χ2n) is 4.74. The van der Waals surface area contributed by atoms with Gasteiger partial charge in [-0.2, -0.15) is 0 Å². The smallest absolute Gasteiger partial charge is 0.0317 e. The van der Waals surface area contributed by atoms with Gasteiger partial charge in [-0.05, 0) is 24.9 Å². The monoisotopic (exact) mass is 233 g/mol. The molecule has 17 heavy (non-hydrogen) atoms. The van der Waals surface area contributed by atoms with Gasteiger partial charge >= 0.3 is 0 Å². The van der Waals surface area contributed by atoms with Gasteiger partial charge in [-0.1, -0.05) is 69.9 Å². The molecule has 1 aromatic carbocycles. The summed E-state index contributed by atoms with van der Waals surface area (Å²) >= 11 is 0. The van der Waals surface area contributed by atoms with Crippen LogP contribution in [0.4, 0.5) is 0 Å². The maximum atomic E-state index is 3.66. The van der Waals surface area contributed by atoms with Gasteiger partial charge in [0.2, 0.25) is 0 Å². The van der Waals surface area contributed by atoms with Gasteiger partial charge in [0.25, 0.3) is 0 Å². The van der Waals surface area contributed by atoms with Gasteiger partial charge in [-0.25, -0.2) is 0 Å². The molecule has 1 aromatic rings. The summed E-state index contributed by atoms with van der Waals surface area (Å²) in [5.74, 6) is 0. The van der Waals surface area contributed by atoms with Gasteiger partial charge in [0.05, 0.1) is 0 Å². The fourth-order valence-electron chi connectivity index (χ4n) is 2.19. The summed E-state index contributed by atoms with van der Waals surface area (Å²) in [4.78, 5) is 0. The third-order valence-corrected chi connectivity index (χ3v) is 3.28. The van der Waals surface area contributed by atoms with Crippen molar-refractivity contribution in [3.8, 4) is 0 Å². The predicted molar refractivity (Wildman–Crippen MR) is 76.2 cm³/mol. The molecule has 0 bridgehead atoms. The van der Waals surface area contributed by atoms with E-state index in [0.29, 0.717) is 6.04 Å². The Labute approximate surface area is 107 Å². The third kappa shape index (κ3) is 5.88. The summed E-state index contributed by atoms with van der Waals surface area (Å²) in [6, 6.07) is 11.3. The molecule has 0 aliphatic carbocycles. The highest BCUT2D eigenvalue weighted by Crippen LogP contribution is 2.15. The van der Waals surface area contributed by atoms with E-state index >= 15 is 0 Å². The topological polar surface area (TPSA) is 12.0 Å². The van der Waals surface area contributed by atoms with Crippen molar-refractivity contribution >= 4 is 0 Å². The molecule has 1 nitrogen and oxygen atoms in total. The summed E-state index contributed by atoms with van der Waals surface area (Å²) < 4.78 is 0. The summed E-state index contributed by atoms with van der Waals surface area (Å²) in [6.07, 6.45) is 7.94. The van der Waals surface area contributed by atoms with Crippen molar-refractivity contribution in [3.05, 3.63) is 35.9 Å². The third-order valence-electron chi connectivity index (χ3n) is 3.28. The normalized spacial score (nSPS) is 12.6. The quantitative estimate of drug-likeness (QED) is 0.610. The number of hydrogen-bond acceptors (Lipinski definition) is 1. The number of benzene rings is 1. The van der Waals surface area contributed by atoms with Crippen LogP contribution in [0.3, 0.4) is 0 Å². The van der Waals surface area contributed by atoms with E-state index < -0.39 is 0 Å². The Morgan fingerprint density at radius 2 is 1.65 bits per heavy atom. The molecule has 0 aliphatic rings. The molecule has 0 aliphatic heterocycles. The maximum Gasteiger partial charge on any atom is 0.0317 e. The molecule has 1 rings (SSSR count). The summed E-state index contributed by atoms with van der Waals surface area (Å²) in [5, 5.41) is 3.66. The second-order valence-corrected chi connectivity index (χ2v) is 4.74. The van der Waals surface area contributed by atoms with Crippen molar-refractivity contribution in [3.63, 3.8) is 0 Å². The first-order chi connectivity index (χ1) is 8.38. The molecule has 0 amide bonds. The molecule has 0 spiro atoms. The van der Waals surface area contributed by atoms with Crippen molar-refractivity contribution in [1.82, 2.24) is 5.32 Å². The molecule has 0 saturated carbocycles. The standard InChI is InChI=1S/C16H27N/c1-3-5-6-7-11-14-17-16(4-2)15-12-9-8-10-13-15/h8-10,12-13,16-17H,3-7,11,14H2,1-2H3. The van der Waals surface area contributed by atoms with Crippen LogP contribution in [0.1, 0.15) is 64.0 Å². The molecule has 0 heterocycles. The van der Waals surface area contributed by atoms with Gasteiger partial charge in [0, 0.05) is 6.04 Å². The lowest BCUT2D eigenvalue weighted by Crippen LogP contribution is -2.21. The fraction of sp³-hybridized carbons (Fsp3) is 0.625. The Bertz CT molecular complexity index is 268. The lowest BCUT2D eigenvalue weighted by molar-refractivity contribution is 0.495. The van der Waals surface area contributed by atoms with Crippen molar-refractivity contribution in [2.75, 3.05) is 6.54 Å². The van der Waals surface area contributed by atoms with Crippen LogP contribution in [0.15, 0.2) is 30.3 Å². The zero-order chi connectivity index (χ0) is 12.3. The van der Waals surface area contributed by atoms with E-state index in [1.807, 2.05) is 0 Å². The zero-order valence-electron chi connectivity index (χ0n) is 11.4. The van der Waals surface area contributed by atoms with Crippen LogP contribution >= 0.6 is 0 Å². The molecular formula is C16H27N. The van der Waals surface area contributed by atoms with Crippen molar-refractivity contribution in [2.45, 2.75) is 58.4 Å². The molecule has 1 atom stereocenters. The summed E-state index contributed by atoms with van der Waals surface area (Å²) in [7, 11) is 0. The Morgan fingerprint density at radius 1 is 0.941 bits per heavy atom. The molecule has 0 fully saturated rings. The lowest BCUT2D eigenvalue weighted by Gasteiger charge is -2.17. The van der Waals surface area contributed by atoms with Gasteiger partial charge < -0.3 is 5.32 Å². The Morgan fingerprint density at radius 3 is 2.29 bits per heavy atom. The summed E-state index contributed by atoms with van der Waals surface area (Å²) in [6.45, 7) is 5.67. The van der Waals surface area contributed by atoms with Crippen LogP contribution < -0.4 is 5.32 Å². The van der Waals surface area contributed by atoms with Crippen LogP contribution in [0.2, 0.25) is 0 Å². The molecule has 0 radical (unpaired) electrons. The zero-order valence-corrected chi connectivity index (χ0v) is 11.4. The average Bonchev–Trinajstić information content (AvgIpc) is 2.39. The Balaban J connectivity index is 2.20. The first kappa shape index (κ1) is 14.2. The minimum absolute atomic E-state index is 0.530. The van der Waals surface area contributed by atoms with Crippen LogP contribution in [-0.4, -0.2) is 6.54 Å². The summed E-state index contributed by atoms with van der Waals surface area (Å²) in [5.41, 5.74) is 1.42. The highest BCUT2D eigenvalue weighted by molar-refractivity contribution is 5.18. The minimum Gasteiger partial charge on any atom is -0.310 e. The van der Waals surface area contributed by atoms with E-state index in [1.165, 1.54) is 44.1 Å². The van der Waals surface area contributed by atoms with E-state index in [2.05, 4.69) is 49.5 Å². The molecule has 0 aromatic heterocycles. The molecule has 1 unspecified atom stereocenters. The van der Waals surface area contributed by atoms with Crippen LogP contribution in [0.25, 0.3) is 0 Å². The molecular weight excluding hydrogens is 206 g/mol. The van der Waals surface area contributed by atoms with E-state index in [1.54, 1.807) is 0 Å². The second kappa shape index (κ2) is 9.23. The number of nitrogens with one attached hydrogen (secondary N) is 1. The van der Waals surface area contributed by atoms with Gasteiger partial charge in [0.15, 0.2) is 0 Å². The number of hydrogen-bond donors (Lipinski definition) is 1. The molecule has 1 N–H and O–H groups in total. The molecule has 96 valence electrons. The highest BCUT2D eigenvalue weighted by atomic mass is 14.9. The SMILES string of the molecule is CCCCCCCNC(CC)c1ccccc1.